The van der Waals surface area contributed by atoms with Crippen LogP contribution in [0.25, 0.3) is 11.0 Å². The van der Waals surface area contributed by atoms with Crippen LogP contribution in [0.1, 0.15) is 15.9 Å². The third kappa shape index (κ3) is 4.01. The molecule has 0 saturated heterocycles. The number of aromatic nitrogens is 2. The maximum Gasteiger partial charge on any atom is 0.338 e. The summed E-state index contributed by atoms with van der Waals surface area (Å²) >= 11 is 0. The molecule has 0 aliphatic rings. The van der Waals surface area contributed by atoms with Crippen molar-refractivity contribution in [2.24, 2.45) is 0 Å². The van der Waals surface area contributed by atoms with Gasteiger partial charge in [-0.05, 0) is 24.6 Å². The molecule has 0 amide bonds. The minimum atomic E-state index is -3.23. The van der Waals surface area contributed by atoms with Crippen LogP contribution in [0.2, 0.25) is 0 Å². The fraction of sp³-hybridized carbons (Fsp3) is 0.222. The Kier molecular flexibility index (Phi) is 5.16. The largest absolute Gasteiger partial charge is 0.478 e. The maximum atomic E-state index is 15.2. The Bertz CT molecular complexity index is 1190. The molecule has 3 aromatic rings. The topological polar surface area (TPSA) is 101 Å². The van der Waals surface area contributed by atoms with Gasteiger partial charge in [0.15, 0.2) is 5.82 Å². The predicted molar refractivity (Wildman–Crippen MR) is 109 cm³/mol. The highest BCUT2D eigenvalue weighted by molar-refractivity contribution is 7.90. The molecule has 0 saturated carbocycles. The van der Waals surface area contributed by atoms with Gasteiger partial charge in [-0.25, -0.2) is 22.6 Å². The number of hydrogen-bond donors (Lipinski definition) is 2. The SMILES string of the molecule is Bc1ccc(Nc2c(C(=O)O)cc3c(ncn3CCS(C)(=O)=O)c2F)c(C)c1. The molecule has 0 bridgehead atoms. The van der Waals surface area contributed by atoms with E-state index in [0.29, 0.717) is 5.69 Å². The standard InChI is InChI=1S/C18H19BFN3O4S/c1-10-7-11(19)3-4-13(10)22-16-12(18(24)25)8-14-17(15(16)20)21-9-23(14)5-6-28(2,26)27/h3-4,7-9,22H,5-6,19H2,1-2H3,(H,24,25). The first-order valence-corrected chi connectivity index (χ1v) is 10.6. The summed E-state index contributed by atoms with van der Waals surface area (Å²) in [5, 5.41) is 12.5. The molecule has 1 aromatic heterocycles. The van der Waals surface area contributed by atoms with Crippen LogP contribution in [-0.2, 0) is 16.4 Å². The zero-order valence-electron chi connectivity index (χ0n) is 15.7. The minimum absolute atomic E-state index is 0.0224. The Morgan fingerprint density at radius 1 is 1.36 bits per heavy atom. The fourth-order valence-electron chi connectivity index (χ4n) is 2.98. The van der Waals surface area contributed by atoms with Crippen molar-refractivity contribution in [2.75, 3.05) is 17.3 Å². The third-order valence-electron chi connectivity index (χ3n) is 4.43. The lowest BCUT2D eigenvalue weighted by molar-refractivity contribution is 0.0697. The van der Waals surface area contributed by atoms with Crippen molar-refractivity contribution < 1.29 is 22.7 Å². The van der Waals surface area contributed by atoms with Crippen LogP contribution in [0.4, 0.5) is 15.8 Å². The number of nitrogens with one attached hydrogen (secondary N) is 1. The van der Waals surface area contributed by atoms with Gasteiger partial charge in [-0.2, -0.15) is 0 Å². The Morgan fingerprint density at radius 3 is 2.68 bits per heavy atom. The molecule has 2 N–H and O–H groups in total. The summed E-state index contributed by atoms with van der Waals surface area (Å²) in [5.41, 5.74) is 2.22. The summed E-state index contributed by atoms with van der Waals surface area (Å²) < 4.78 is 39.4. The van der Waals surface area contributed by atoms with Crippen LogP contribution >= 0.6 is 0 Å². The maximum absolute atomic E-state index is 15.2. The number of nitrogens with zero attached hydrogens (tertiary/aromatic N) is 2. The highest BCUT2D eigenvalue weighted by atomic mass is 32.2. The number of anilines is 2. The molecule has 0 unspecified atom stereocenters. The lowest BCUT2D eigenvalue weighted by atomic mass is 9.94. The van der Waals surface area contributed by atoms with Gasteiger partial charge in [0.05, 0.1) is 28.8 Å². The Hall–Kier alpha value is -2.88. The molecule has 2 aromatic carbocycles. The molecule has 0 aliphatic heterocycles. The number of imidazole rings is 1. The zero-order valence-corrected chi connectivity index (χ0v) is 16.5. The van der Waals surface area contributed by atoms with Gasteiger partial charge in [-0.1, -0.05) is 17.6 Å². The van der Waals surface area contributed by atoms with Crippen LogP contribution in [0.5, 0.6) is 0 Å². The van der Waals surface area contributed by atoms with Crippen LogP contribution < -0.4 is 10.8 Å². The van der Waals surface area contributed by atoms with Gasteiger partial charge in [0.1, 0.15) is 23.2 Å². The van der Waals surface area contributed by atoms with Gasteiger partial charge in [0, 0.05) is 18.5 Å². The quantitative estimate of drug-likeness (QED) is 0.601. The van der Waals surface area contributed by atoms with Gasteiger partial charge >= 0.3 is 5.97 Å². The molecule has 1 heterocycles. The van der Waals surface area contributed by atoms with E-state index in [2.05, 4.69) is 10.3 Å². The molecule has 0 atom stereocenters. The van der Waals surface area contributed by atoms with Crippen molar-refractivity contribution in [3.8, 4) is 0 Å². The highest BCUT2D eigenvalue weighted by Gasteiger charge is 2.22. The molecular weight excluding hydrogens is 384 g/mol. The van der Waals surface area contributed by atoms with E-state index >= 15 is 4.39 Å². The summed E-state index contributed by atoms with van der Waals surface area (Å²) in [6, 6.07) is 6.80. The second-order valence-corrected chi connectivity index (χ2v) is 9.06. The van der Waals surface area contributed by atoms with Gasteiger partial charge in [0.2, 0.25) is 0 Å². The number of halogens is 1. The number of hydrogen-bond acceptors (Lipinski definition) is 5. The first-order valence-electron chi connectivity index (χ1n) is 8.49. The number of fused-ring (bicyclic) bond motifs is 1. The highest BCUT2D eigenvalue weighted by Crippen LogP contribution is 2.31. The van der Waals surface area contributed by atoms with E-state index in [1.807, 2.05) is 26.9 Å². The second-order valence-electron chi connectivity index (χ2n) is 6.80. The average Bonchev–Trinajstić information content (AvgIpc) is 2.99. The summed E-state index contributed by atoms with van der Waals surface area (Å²) in [7, 11) is -1.31. The van der Waals surface area contributed by atoms with Crippen LogP contribution in [-0.4, -0.2) is 48.9 Å². The van der Waals surface area contributed by atoms with Crippen molar-refractivity contribution >= 4 is 51.5 Å². The van der Waals surface area contributed by atoms with Crippen molar-refractivity contribution in [1.82, 2.24) is 9.55 Å². The zero-order chi connectivity index (χ0) is 20.6. The number of carboxylic acid groups (broad SMARTS) is 1. The van der Waals surface area contributed by atoms with E-state index in [4.69, 9.17) is 0 Å². The predicted octanol–water partition coefficient (Wildman–Crippen LogP) is 1.23. The molecule has 0 fully saturated rings. The van der Waals surface area contributed by atoms with E-state index in [-0.39, 0.29) is 34.6 Å². The van der Waals surface area contributed by atoms with E-state index in [1.165, 1.54) is 17.0 Å². The Balaban J connectivity index is 2.11. The average molecular weight is 403 g/mol. The van der Waals surface area contributed by atoms with E-state index < -0.39 is 21.6 Å². The molecule has 146 valence electrons. The van der Waals surface area contributed by atoms with Crippen LogP contribution in [0.3, 0.4) is 0 Å². The Morgan fingerprint density at radius 2 is 2.07 bits per heavy atom. The summed E-state index contributed by atoms with van der Waals surface area (Å²) in [6.07, 6.45) is 2.41. The van der Waals surface area contributed by atoms with Gasteiger partial charge < -0.3 is 15.0 Å². The third-order valence-corrected chi connectivity index (χ3v) is 5.36. The van der Waals surface area contributed by atoms with E-state index in [0.717, 1.165) is 17.3 Å². The van der Waals surface area contributed by atoms with Crippen molar-refractivity contribution in [1.29, 1.82) is 0 Å². The van der Waals surface area contributed by atoms with Crippen molar-refractivity contribution in [2.45, 2.75) is 13.5 Å². The normalized spacial score (nSPS) is 11.7. The van der Waals surface area contributed by atoms with Crippen LogP contribution in [0, 0.1) is 12.7 Å². The number of carbonyl (C=O) groups is 1. The lowest BCUT2D eigenvalue weighted by Crippen LogP contribution is -2.11. The van der Waals surface area contributed by atoms with E-state index in [1.54, 1.807) is 6.07 Å². The van der Waals surface area contributed by atoms with Crippen molar-refractivity contribution in [3.05, 3.63) is 47.5 Å². The molecular formula is C18H19BFN3O4S. The summed E-state index contributed by atoms with van der Waals surface area (Å²) in [6.45, 7) is 1.89. The molecule has 7 nitrogen and oxygen atoms in total. The van der Waals surface area contributed by atoms with E-state index in [9.17, 15) is 18.3 Å². The van der Waals surface area contributed by atoms with Gasteiger partial charge in [-0.15, -0.1) is 0 Å². The summed E-state index contributed by atoms with van der Waals surface area (Å²) in [5.74, 6) is -2.26. The molecule has 10 heteroatoms. The van der Waals surface area contributed by atoms with Crippen LogP contribution in [0.15, 0.2) is 30.6 Å². The first kappa shape index (κ1) is 19.9. The molecule has 3 rings (SSSR count). The smallest absolute Gasteiger partial charge is 0.338 e. The Labute approximate surface area is 162 Å². The minimum Gasteiger partial charge on any atom is -0.478 e. The number of rotatable bonds is 6. The summed E-state index contributed by atoms with van der Waals surface area (Å²) in [4.78, 5) is 15.8. The number of sulfone groups is 1. The number of aryl methyl sites for hydroxylation is 2. The lowest BCUT2D eigenvalue weighted by Gasteiger charge is -2.14. The van der Waals surface area contributed by atoms with Gasteiger partial charge in [0.25, 0.3) is 0 Å². The molecule has 0 aliphatic carbocycles. The number of carboxylic acids is 1. The number of benzene rings is 2. The molecule has 0 radical (unpaired) electrons. The van der Waals surface area contributed by atoms with Gasteiger partial charge in [-0.3, -0.25) is 0 Å². The molecule has 28 heavy (non-hydrogen) atoms. The fourth-order valence-corrected chi connectivity index (χ4v) is 3.51. The first-order chi connectivity index (χ1) is 13.1. The van der Waals surface area contributed by atoms with Crippen molar-refractivity contribution in [3.63, 3.8) is 0 Å². The molecule has 0 spiro atoms. The number of aromatic carboxylic acids is 1. The monoisotopic (exact) mass is 403 g/mol. The second kappa shape index (κ2) is 7.27.